The van der Waals surface area contributed by atoms with Gasteiger partial charge in [-0.3, -0.25) is 5.10 Å². The van der Waals surface area contributed by atoms with Crippen molar-refractivity contribution in [2.75, 3.05) is 0 Å². The molecule has 0 saturated heterocycles. The van der Waals surface area contributed by atoms with E-state index in [9.17, 15) is 0 Å². The van der Waals surface area contributed by atoms with Gasteiger partial charge in [0.2, 0.25) is 0 Å². The minimum Gasteiger partial charge on any atom is -0.270 e. The molecule has 1 aromatic rings. The highest BCUT2D eigenvalue weighted by atomic mass is 15.1. The van der Waals surface area contributed by atoms with Crippen LogP contribution in [-0.2, 0) is 0 Å². The molecule has 0 atom stereocenters. The van der Waals surface area contributed by atoms with Crippen LogP contribution in [0.1, 0.15) is 26.5 Å². The number of H-pyrrole nitrogens is 1. The second kappa shape index (κ2) is 2.79. The van der Waals surface area contributed by atoms with E-state index in [1.807, 2.05) is 6.07 Å². The summed E-state index contributed by atoms with van der Waals surface area (Å²) in [5.74, 6) is 6.10. The first kappa shape index (κ1) is 7.87. The maximum Gasteiger partial charge on any atom is 0.107 e. The number of rotatable bonds is 0. The van der Waals surface area contributed by atoms with Gasteiger partial charge in [0.05, 0.1) is 0 Å². The second-order valence-electron chi connectivity index (χ2n) is 3.47. The Bertz CT molecular complexity index is 267. The van der Waals surface area contributed by atoms with Crippen LogP contribution in [0.3, 0.4) is 0 Å². The van der Waals surface area contributed by atoms with E-state index >= 15 is 0 Å². The minimum atomic E-state index is 0.0606. The molecular weight excluding hydrogens is 136 g/mol. The Hall–Kier alpha value is -1.23. The Kier molecular flexibility index (Phi) is 2.00. The van der Waals surface area contributed by atoms with Crippen LogP contribution in [0.5, 0.6) is 0 Å². The summed E-state index contributed by atoms with van der Waals surface area (Å²) in [6, 6.07) is 1.86. The summed E-state index contributed by atoms with van der Waals surface area (Å²) in [5.41, 5.74) is 0.936. The first-order chi connectivity index (χ1) is 5.08. The fourth-order valence-corrected chi connectivity index (χ4v) is 0.580. The average molecular weight is 148 g/mol. The fraction of sp³-hybridized carbons (Fsp3) is 0.444. The smallest absolute Gasteiger partial charge is 0.107 e. The van der Waals surface area contributed by atoms with Crippen molar-refractivity contribution in [1.29, 1.82) is 0 Å². The molecule has 2 heteroatoms. The Morgan fingerprint density at radius 3 is 2.64 bits per heavy atom. The van der Waals surface area contributed by atoms with Gasteiger partial charge in [0.25, 0.3) is 0 Å². The number of nitrogens with zero attached hydrogens (tertiary/aromatic N) is 1. The minimum absolute atomic E-state index is 0.0606. The number of nitrogens with one attached hydrogen (secondary N) is 1. The predicted molar refractivity (Wildman–Crippen MR) is 44.9 cm³/mol. The van der Waals surface area contributed by atoms with Crippen LogP contribution in [-0.4, -0.2) is 10.2 Å². The van der Waals surface area contributed by atoms with Gasteiger partial charge in [-0.15, -0.1) is 0 Å². The zero-order valence-corrected chi connectivity index (χ0v) is 7.10. The molecule has 1 N–H and O–H groups in total. The van der Waals surface area contributed by atoms with Crippen molar-refractivity contribution in [3.8, 4) is 11.8 Å². The van der Waals surface area contributed by atoms with E-state index in [1.165, 1.54) is 0 Å². The molecule has 0 aliphatic rings. The van der Waals surface area contributed by atoms with Crippen molar-refractivity contribution >= 4 is 0 Å². The van der Waals surface area contributed by atoms with Crippen LogP contribution in [0.15, 0.2) is 12.3 Å². The summed E-state index contributed by atoms with van der Waals surface area (Å²) < 4.78 is 0. The summed E-state index contributed by atoms with van der Waals surface area (Å²) in [6.45, 7) is 6.24. The predicted octanol–water partition coefficient (Wildman–Crippen LogP) is 1.81. The molecule has 0 spiro atoms. The van der Waals surface area contributed by atoms with E-state index in [0.717, 1.165) is 5.69 Å². The summed E-state index contributed by atoms with van der Waals surface area (Å²) in [7, 11) is 0. The monoisotopic (exact) mass is 148 g/mol. The normalized spacial score (nSPS) is 10.5. The molecule has 0 bridgehead atoms. The maximum absolute atomic E-state index is 3.80. The van der Waals surface area contributed by atoms with Crippen LogP contribution in [0, 0.1) is 17.3 Å². The third-order valence-corrected chi connectivity index (χ3v) is 1.07. The largest absolute Gasteiger partial charge is 0.270 e. The lowest BCUT2D eigenvalue weighted by molar-refractivity contribution is 0.571. The van der Waals surface area contributed by atoms with E-state index in [0.29, 0.717) is 0 Å². The Morgan fingerprint density at radius 1 is 1.45 bits per heavy atom. The number of hydrogen-bond acceptors (Lipinski definition) is 1. The molecule has 1 rings (SSSR count). The second-order valence-corrected chi connectivity index (χ2v) is 3.47. The molecule has 0 aliphatic carbocycles. The highest BCUT2D eigenvalue weighted by Gasteiger charge is 2.03. The van der Waals surface area contributed by atoms with Gasteiger partial charge in [0, 0.05) is 11.6 Å². The standard InChI is InChI=1S/C9H12N2/c1-9(2,3)6-4-8-5-7-10-11-8/h5,7H,1-3H3,(H,10,11). The van der Waals surface area contributed by atoms with E-state index in [-0.39, 0.29) is 5.41 Å². The van der Waals surface area contributed by atoms with Gasteiger partial charge in [-0.05, 0) is 32.8 Å². The molecule has 2 nitrogen and oxygen atoms in total. The maximum atomic E-state index is 3.80. The molecule has 0 radical (unpaired) electrons. The SMILES string of the molecule is CC(C)(C)C#Cc1ccn[nH]1. The molecule has 0 amide bonds. The van der Waals surface area contributed by atoms with Crippen molar-refractivity contribution in [3.05, 3.63) is 18.0 Å². The van der Waals surface area contributed by atoms with Crippen molar-refractivity contribution in [2.45, 2.75) is 20.8 Å². The van der Waals surface area contributed by atoms with Crippen molar-refractivity contribution in [1.82, 2.24) is 10.2 Å². The molecule has 1 aromatic heterocycles. The number of aromatic amines is 1. The van der Waals surface area contributed by atoms with Gasteiger partial charge in [0.1, 0.15) is 5.69 Å². The molecule has 1 heterocycles. The summed E-state index contributed by atoms with van der Waals surface area (Å²) in [6.07, 6.45) is 1.70. The average Bonchev–Trinajstić information content (AvgIpc) is 2.32. The summed E-state index contributed by atoms with van der Waals surface area (Å²) >= 11 is 0. The lowest BCUT2D eigenvalue weighted by atomic mass is 9.98. The lowest BCUT2D eigenvalue weighted by Crippen LogP contribution is -1.99. The van der Waals surface area contributed by atoms with Gasteiger partial charge in [-0.1, -0.05) is 5.92 Å². The fourth-order valence-electron chi connectivity index (χ4n) is 0.580. The van der Waals surface area contributed by atoms with Crippen LogP contribution < -0.4 is 0 Å². The van der Waals surface area contributed by atoms with Crippen molar-refractivity contribution in [3.63, 3.8) is 0 Å². The quantitative estimate of drug-likeness (QED) is 0.558. The first-order valence-corrected chi connectivity index (χ1v) is 3.60. The van der Waals surface area contributed by atoms with Crippen LogP contribution in [0.25, 0.3) is 0 Å². The zero-order valence-electron chi connectivity index (χ0n) is 7.10. The van der Waals surface area contributed by atoms with Gasteiger partial charge < -0.3 is 0 Å². The Morgan fingerprint density at radius 2 is 2.18 bits per heavy atom. The number of hydrogen-bond donors (Lipinski definition) is 1. The topological polar surface area (TPSA) is 28.7 Å². The molecule has 11 heavy (non-hydrogen) atoms. The van der Waals surface area contributed by atoms with E-state index in [2.05, 4.69) is 42.8 Å². The molecule has 0 aromatic carbocycles. The molecular formula is C9H12N2. The third-order valence-electron chi connectivity index (χ3n) is 1.07. The molecule has 0 unspecified atom stereocenters. The number of aromatic nitrogens is 2. The van der Waals surface area contributed by atoms with E-state index in [4.69, 9.17) is 0 Å². The molecule has 0 saturated carbocycles. The van der Waals surface area contributed by atoms with Gasteiger partial charge in [0.15, 0.2) is 0 Å². The highest BCUT2D eigenvalue weighted by Crippen LogP contribution is 2.10. The van der Waals surface area contributed by atoms with E-state index in [1.54, 1.807) is 6.20 Å². The van der Waals surface area contributed by atoms with Crippen molar-refractivity contribution in [2.24, 2.45) is 5.41 Å². The van der Waals surface area contributed by atoms with Crippen LogP contribution in [0.2, 0.25) is 0 Å². The van der Waals surface area contributed by atoms with E-state index < -0.39 is 0 Å². The van der Waals surface area contributed by atoms with Gasteiger partial charge in [-0.25, -0.2) is 0 Å². The third kappa shape index (κ3) is 2.90. The Balaban J connectivity index is 2.74. The lowest BCUT2D eigenvalue weighted by Gasteiger charge is -2.06. The summed E-state index contributed by atoms with van der Waals surface area (Å²) in [5, 5.41) is 6.58. The first-order valence-electron chi connectivity index (χ1n) is 3.60. The zero-order chi connectivity index (χ0) is 8.32. The summed E-state index contributed by atoms with van der Waals surface area (Å²) in [4.78, 5) is 0. The van der Waals surface area contributed by atoms with Crippen LogP contribution in [0.4, 0.5) is 0 Å². The Labute approximate surface area is 67.0 Å². The van der Waals surface area contributed by atoms with Crippen molar-refractivity contribution < 1.29 is 0 Å². The molecule has 58 valence electrons. The van der Waals surface area contributed by atoms with Crippen LogP contribution >= 0.6 is 0 Å². The molecule has 0 fully saturated rings. The highest BCUT2D eigenvalue weighted by molar-refractivity contribution is 5.27. The van der Waals surface area contributed by atoms with Gasteiger partial charge >= 0.3 is 0 Å². The molecule has 0 aliphatic heterocycles. The van der Waals surface area contributed by atoms with Gasteiger partial charge in [-0.2, -0.15) is 5.10 Å².